The summed E-state index contributed by atoms with van der Waals surface area (Å²) in [6, 6.07) is 0. The summed E-state index contributed by atoms with van der Waals surface area (Å²) in [6.45, 7) is 0. The summed E-state index contributed by atoms with van der Waals surface area (Å²) in [5, 5.41) is 3.81. The van der Waals surface area contributed by atoms with E-state index in [1.54, 1.807) is 16.9 Å². The molecule has 0 aromatic carbocycles. The first-order valence-corrected chi connectivity index (χ1v) is 2.49. The molecule has 2 aromatic heterocycles. The molecule has 0 N–H and O–H groups in total. The summed E-state index contributed by atoms with van der Waals surface area (Å²) in [5.74, 6) is 0.605. The summed E-state index contributed by atoms with van der Waals surface area (Å²) < 4.78 is 1.56. The Labute approximate surface area is 51.2 Å². The van der Waals surface area contributed by atoms with Crippen molar-refractivity contribution in [2.24, 2.45) is 0 Å². The van der Waals surface area contributed by atoms with E-state index < -0.39 is 0 Å². The number of imidazole rings is 1. The van der Waals surface area contributed by atoms with Gasteiger partial charge in [0.05, 0.1) is 12.4 Å². The molecule has 0 saturated heterocycles. The van der Waals surface area contributed by atoms with E-state index in [2.05, 4.69) is 21.3 Å². The average molecular weight is 119 g/mol. The molecule has 0 unspecified atom stereocenters. The second-order valence-corrected chi connectivity index (χ2v) is 1.56. The normalized spacial score (nSPS) is 10.2. The smallest absolute Gasteiger partial charge is 0.218 e. The van der Waals surface area contributed by atoms with Crippen LogP contribution in [0.4, 0.5) is 0 Å². The molecule has 0 aliphatic heterocycles. The van der Waals surface area contributed by atoms with Crippen molar-refractivity contribution in [2.75, 3.05) is 0 Å². The van der Waals surface area contributed by atoms with Gasteiger partial charge in [0.25, 0.3) is 5.78 Å². The van der Waals surface area contributed by atoms with Crippen molar-refractivity contribution in [3.05, 3.63) is 24.8 Å². The molecule has 0 aliphatic rings. The Kier molecular flexibility index (Phi) is 0.745. The molecule has 0 atom stereocenters. The Morgan fingerprint density at radius 3 is 3.33 bits per heavy atom. The first-order chi connectivity index (χ1) is 4.47. The van der Waals surface area contributed by atoms with Gasteiger partial charge in [0, 0.05) is 6.20 Å². The van der Waals surface area contributed by atoms with Crippen LogP contribution in [0.3, 0.4) is 0 Å². The van der Waals surface area contributed by atoms with Crippen molar-refractivity contribution in [3.63, 3.8) is 0 Å². The molecule has 2 heterocycles. The zero-order chi connectivity index (χ0) is 6.10. The number of hydrogen-bond acceptors (Lipinski definition) is 3. The van der Waals surface area contributed by atoms with E-state index in [1.165, 1.54) is 6.20 Å². The van der Waals surface area contributed by atoms with Gasteiger partial charge in [-0.3, -0.25) is 0 Å². The fourth-order valence-electron chi connectivity index (χ4n) is 0.634. The second kappa shape index (κ2) is 1.51. The molecule has 0 amide bonds. The number of aromatic nitrogens is 4. The molecule has 9 heavy (non-hydrogen) atoms. The largest absolute Gasteiger partial charge is 0.250 e. The molecule has 0 fully saturated rings. The third-order valence-electron chi connectivity index (χ3n) is 1.01. The van der Waals surface area contributed by atoms with Crippen LogP contribution in [-0.4, -0.2) is 19.6 Å². The zero-order valence-electron chi connectivity index (χ0n) is 4.52. The highest BCUT2D eigenvalue weighted by Gasteiger charge is 1.89. The third kappa shape index (κ3) is 0.561. The lowest BCUT2D eigenvalue weighted by molar-refractivity contribution is 0.896. The van der Waals surface area contributed by atoms with Gasteiger partial charge in [-0.15, -0.1) is 0 Å². The van der Waals surface area contributed by atoms with Crippen molar-refractivity contribution in [1.29, 1.82) is 0 Å². The van der Waals surface area contributed by atoms with Gasteiger partial charge in [0.15, 0.2) is 0 Å². The van der Waals surface area contributed by atoms with Crippen molar-refractivity contribution < 1.29 is 0 Å². The van der Waals surface area contributed by atoms with E-state index in [0.29, 0.717) is 5.78 Å². The van der Waals surface area contributed by atoms with Crippen LogP contribution in [-0.2, 0) is 0 Å². The lowest BCUT2D eigenvalue weighted by Crippen LogP contribution is -1.90. The molecule has 0 aliphatic carbocycles. The van der Waals surface area contributed by atoms with Crippen molar-refractivity contribution in [3.8, 4) is 0 Å². The lowest BCUT2D eigenvalue weighted by atomic mass is 10.9. The molecule has 0 saturated carbocycles. The van der Waals surface area contributed by atoms with Crippen molar-refractivity contribution in [2.45, 2.75) is 0 Å². The highest BCUT2D eigenvalue weighted by Crippen LogP contribution is 1.87. The van der Waals surface area contributed by atoms with E-state index in [-0.39, 0.29) is 0 Å². The van der Waals surface area contributed by atoms with E-state index in [4.69, 9.17) is 0 Å². The predicted molar refractivity (Wildman–Crippen MR) is 29.6 cm³/mol. The van der Waals surface area contributed by atoms with E-state index >= 15 is 0 Å². The minimum absolute atomic E-state index is 0.605. The monoisotopic (exact) mass is 119 g/mol. The van der Waals surface area contributed by atoms with Gasteiger partial charge < -0.3 is 0 Å². The van der Waals surface area contributed by atoms with Crippen LogP contribution in [0.1, 0.15) is 0 Å². The van der Waals surface area contributed by atoms with E-state index in [9.17, 15) is 0 Å². The quantitative estimate of drug-likeness (QED) is 0.487. The lowest BCUT2D eigenvalue weighted by Gasteiger charge is -1.83. The summed E-state index contributed by atoms with van der Waals surface area (Å²) in [5.41, 5.74) is 0. The van der Waals surface area contributed by atoms with E-state index in [1.807, 2.05) is 0 Å². The Bertz CT molecular complexity index is 283. The molecule has 2 aromatic rings. The number of nitrogens with zero attached hydrogens (tertiary/aromatic N) is 4. The van der Waals surface area contributed by atoms with Crippen molar-refractivity contribution in [1.82, 2.24) is 19.6 Å². The van der Waals surface area contributed by atoms with Gasteiger partial charge in [-0.1, -0.05) is 0 Å². The van der Waals surface area contributed by atoms with Gasteiger partial charge in [0.2, 0.25) is 0 Å². The SMILES string of the molecule is [c]1cnc2nccn2n1. The Balaban J connectivity index is 2.95. The van der Waals surface area contributed by atoms with Gasteiger partial charge in [-0.25, -0.2) is 14.5 Å². The second-order valence-electron chi connectivity index (χ2n) is 1.56. The van der Waals surface area contributed by atoms with Gasteiger partial charge in [-0.2, -0.15) is 5.10 Å². The van der Waals surface area contributed by atoms with Crippen LogP contribution in [0, 0.1) is 6.20 Å². The van der Waals surface area contributed by atoms with Crippen LogP contribution in [0.25, 0.3) is 5.78 Å². The molecule has 43 valence electrons. The fourth-order valence-corrected chi connectivity index (χ4v) is 0.634. The fraction of sp³-hybridized carbons (Fsp3) is 0. The van der Waals surface area contributed by atoms with Crippen molar-refractivity contribution >= 4 is 5.78 Å². The van der Waals surface area contributed by atoms with Gasteiger partial charge in [0.1, 0.15) is 6.20 Å². The number of hydrogen-bond donors (Lipinski definition) is 0. The Morgan fingerprint density at radius 1 is 1.44 bits per heavy atom. The first-order valence-electron chi connectivity index (χ1n) is 2.49. The summed E-state index contributed by atoms with van der Waals surface area (Å²) in [6.07, 6.45) is 7.43. The third-order valence-corrected chi connectivity index (χ3v) is 1.01. The van der Waals surface area contributed by atoms with Crippen LogP contribution in [0.2, 0.25) is 0 Å². The minimum Gasteiger partial charge on any atom is -0.218 e. The number of rotatable bonds is 0. The maximum atomic E-state index is 3.89. The molecular formula is C5H3N4. The van der Waals surface area contributed by atoms with Gasteiger partial charge >= 0.3 is 0 Å². The Hall–Kier alpha value is -1.45. The highest BCUT2D eigenvalue weighted by molar-refractivity contribution is 5.22. The van der Waals surface area contributed by atoms with Gasteiger partial charge in [-0.05, 0) is 0 Å². The summed E-state index contributed by atoms with van der Waals surface area (Å²) in [4.78, 5) is 7.76. The molecule has 2 rings (SSSR count). The first kappa shape index (κ1) is 4.43. The molecule has 4 nitrogen and oxygen atoms in total. The maximum Gasteiger partial charge on any atom is 0.250 e. The highest BCUT2D eigenvalue weighted by atomic mass is 15.3. The zero-order valence-corrected chi connectivity index (χ0v) is 4.52. The van der Waals surface area contributed by atoms with Crippen LogP contribution >= 0.6 is 0 Å². The van der Waals surface area contributed by atoms with Crippen LogP contribution in [0.15, 0.2) is 18.6 Å². The van der Waals surface area contributed by atoms with Crippen LogP contribution < -0.4 is 0 Å². The average Bonchev–Trinajstić information content (AvgIpc) is 2.33. The standard InChI is InChI=1S/C5H3N4/c1-2-8-9-4-3-7-5(9)6-1/h1,3-4H. The Morgan fingerprint density at radius 2 is 2.44 bits per heavy atom. The molecule has 0 bridgehead atoms. The molecule has 1 radical (unpaired) electrons. The van der Waals surface area contributed by atoms with E-state index in [0.717, 1.165) is 0 Å². The van der Waals surface area contributed by atoms with Crippen LogP contribution in [0.5, 0.6) is 0 Å². The predicted octanol–water partition coefficient (Wildman–Crippen LogP) is -0.0755. The minimum atomic E-state index is 0.605. The molecular weight excluding hydrogens is 116 g/mol. The summed E-state index contributed by atoms with van der Waals surface area (Å²) in [7, 11) is 0. The molecule has 4 heteroatoms. The maximum absolute atomic E-state index is 3.89. The molecule has 0 spiro atoms. The topological polar surface area (TPSA) is 43.1 Å². The summed E-state index contributed by atoms with van der Waals surface area (Å²) >= 11 is 0. The number of fused-ring (bicyclic) bond motifs is 1.